The Morgan fingerprint density at radius 1 is 1.56 bits per heavy atom. The zero-order valence-corrected chi connectivity index (χ0v) is 10.4. The van der Waals surface area contributed by atoms with Gasteiger partial charge in [-0.3, -0.25) is 0 Å². The number of sulfone groups is 1. The van der Waals surface area contributed by atoms with E-state index in [1.54, 1.807) is 6.20 Å². The molecule has 1 aliphatic heterocycles. The van der Waals surface area contributed by atoms with E-state index >= 15 is 0 Å². The lowest BCUT2D eigenvalue weighted by atomic mass is 10.1. The van der Waals surface area contributed by atoms with Gasteiger partial charge in [-0.05, 0) is 12.3 Å². The summed E-state index contributed by atoms with van der Waals surface area (Å²) in [6, 6.07) is 0. The minimum atomic E-state index is -2.80. The van der Waals surface area contributed by atoms with Crippen LogP contribution in [0.15, 0.2) is 6.20 Å². The first-order valence-electron chi connectivity index (χ1n) is 5.17. The molecule has 1 atom stereocenters. The molecular weight excluding hydrogens is 246 g/mol. The number of nitrogens with zero attached hydrogens (tertiary/aromatic N) is 1. The SMILES string of the molecule is O=CCc1cnc(CC2CCS(=O)(=O)C2)s1. The molecule has 1 saturated heterocycles. The summed E-state index contributed by atoms with van der Waals surface area (Å²) < 4.78 is 22.6. The predicted octanol–water partition coefficient (Wildman–Crippen LogP) is 0.862. The van der Waals surface area contributed by atoms with Crippen molar-refractivity contribution < 1.29 is 13.2 Å². The van der Waals surface area contributed by atoms with Crippen molar-refractivity contribution in [1.82, 2.24) is 4.98 Å². The number of rotatable bonds is 4. The molecule has 0 aliphatic carbocycles. The maximum absolute atomic E-state index is 11.3. The molecule has 1 fully saturated rings. The van der Waals surface area contributed by atoms with Crippen LogP contribution < -0.4 is 0 Å². The Hall–Kier alpha value is -0.750. The highest BCUT2D eigenvalue weighted by Crippen LogP contribution is 2.24. The summed E-state index contributed by atoms with van der Waals surface area (Å²) in [5.41, 5.74) is 0. The van der Waals surface area contributed by atoms with Crippen LogP contribution in [0.5, 0.6) is 0 Å². The third-order valence-corrected chi connectivity index (χ3v) is 5.55. The fraction of sp³-hybridized carbons (Fsp3) is 0.600. The van der Waals surface area contributed by atoms with Gasteiger partial charge in [0.25, 0.3) is 0 Å². The molecule has 1 unspecified atom stereocenters. The molecule has 1 aromatic heterocycles. The third kappa shape index (κ3) is 2.89. The largest absolute Gasteiger partial charge is 0.303 e. The molecule has 16 heavy (non-hydrogen) atoms. The molecule has 2 heterocycles. The second-order valence-electron chi connectivity index (χ2n) is 4.06. The van der Waals surface area contributed by atoms with Crippen molar-refractivity contribution in [2.45, 2.75) is 19.3 Å². The van der Waals surface area contributed by atoms with Crippen molar-refractivity contribution in [1.29, 1.82) is 0 Å². The smallest absolute Gasteiger partial charge is 0.150 e. The van der Waals surface area contributed by atoms with Crippen LogP contribution in [0.4, 0.5) is 0 Å². The molecule has 0 spiro atoms. The average molecular weight is 259 g/mol. The van der Waals surface area contributed by atoms with E-state index in [0.29, 0.717) is 12.2 Å². The van der Waals surface area contributed by atoms with Gasteiger partial charge < -0.3 is 4.79 Å². The first kappa shape index (κ1) is 11.7. The van der Waals surface area contributed by atoms with Crippen LogP contribution in [-0.2, 0) is 27.5 Å². The van der Waals surface area contributed by atoms with Crippen LogP contribution in [0.1, 0.15) is 16.3 Å². The summed E-state index contributed by atoms with van der Waals surface area (Å²) in [6.45, 7) is 0. The highest BCUT2D eigenvalue weighted by atomic mass is 32.2. The molecule has 0 amide bonds. The van der Waals surface area contributed by atoms with Gasteiger partial charge in [-0.25, -0.2) is 13.4 Å². The number of aromatic nitrogens is 1. The highest BCUT2D eigenvalue weighted by molar-refractivity contribution is 7.91. The normalized spacial score (nSPS) is 23.4. The molecule has 6 heteroatoms. The number of hydrogen-bond acceptors (Lipinski definition) is 5. The quantitative estimate of drug-likeness (QED) is 0.752. The van der Waals surface area contributed by atoms with E-state index in [0.717, 1.165) is 29.0 Å². The van der Waals surface area contributed by atoms with Gasteiger partial charge in [0.15, 0.2) is 9.84 Å². The van der Waals surface area contributed by atoms with Crippen LogP contribution in [-0.4, -0.2) is 31.2 Å². The van der Waals surface area contributed by atoms with Crippen molar-refractivity contribution >= 4 is 27.5 Å². The van der Waals surface area contributed by atoms with Gasteiger partial charge in [0.05, 0.1) is 16.5 Å². The number of carbonyl (C=O) groups is 1. The average Bonchev–Trinajstić information content (AvgIpc) is 2.75. The second-order valence-corrected chi connectivity index (χ2v) is 7.49. The van der Waals surface area contributed by atoms with Crippen LogP contribution >= 0.6 is 11.3 Å². The first-order chi connectivity index (χ1) is 7.59. The molecule has 0 N–H and O–H groups in total. The van der Waals surface area contributed by atoms with Gasteiger partial charge in [-0.15, -0.1) is 11.3 Å². The lowest BCUT2D eigenvalue weighted by Crippen LogP contribution is -2.07. The Bertz CT molecular complexity index is 478. The number of hydrogen-bond donors (Lipinski definition) is 0. The summed E-state index contributed by atoms with van der Waals surface area (Å²) in [7, 11) is -2.80. The molecule has 4 nitrogen and oxygen atoms in total. The molecule has 0 bridgehead atoms. The summed E-state index contributed by atoms with van der Waals surface area (Å²) in [6.07, 6.45) is 4.43. The van der Waals surface area contributed by atoms with Crippen LogP contribution in [0.2, 0.25) is 0 Å². The lowest BCUT2D eigenvalue weighted by molar-refractivity contribution is -0.107. The van der Waals surface area contributed by atoms with E-state index in [1.165, 1.54) is 11.3 Å². The summed E-state index contributed by atoms with van der Waals surface area (Å²) in [4.78, 5) is 15.5. The molecule has 0 radical (unpaired) electrons. The fourth-order valence-electron chi connectivity index (χ4n) is 1.90. The van der Waals surface area contributed by atoms with E-state index in [4.69, 9.17) is 0 Å². The van der Waals surface area contributed by atoms with Gasteiger partial charge in [-0.2, -0.15) is 0 Å². The minimum absolute atomic E-state index is 0.209. The minimum Gasteiger partial charge on any atom is -0.303 e. The fourth-order valence-corrected chi connectivity index (χ4v) is 4.74. The molecular formula is C10H13NO3S2. The van der Waals surface area contributed by atoms with E-state index in [9.17, 15) is 13.2 Å². The van der Waals surface area contributed by atoms with Crippen molar-refractivity contribution in [2.24, 2.45) is 5.92 Å². The second kappa shape index (κ2) is 4.63. The van der Waals surface area contributed by atoms with E-state index in [-0.39, 0.29) is 11.7 Å². The van der Waals surface area contributed by atoms with Crippen molar-refractivity contribution in [3.63, 3.8) is 0 Å². The van der Waals surface area contributed by atoms with Gasteiger partial charge >= 0.3 is 0 Å². The lowest BCUT2D eigenvalue weighted by Gasteiger charge is -2.02. The van der Waals surface area contributed by atoms with E-state index in [2.05, 4.69) is 4.98 Å². The Morgan fingerprint density at radius 2 is 2.38 bits per heavy atom. The van der Waals surface area contributed by atoms with Crippen LogP contribution in [0.25, 0.3) is 0 Å². The zero-order valence-electron chi connectivity index (χ0n) is 8.76. The topological polar surface area (TPSA) is 64.1 Å². The van der Waals surface area contributed by atoms with Gasteiger partial charge in [0.2, 0.25) is 0 Å². The maximum Gasteiger partial charge on any atom is 0.150 e. The Balaban J connectivity index is 1.96. The maximum atomic E-state index is 11.3. The monoisotopic (exact) mass is 259 g/mol. The summed E-state index contributed by atoms with van der Waals surface area (Å²) in [5, 5.41) is 0.943. The van der Waals surface area contributed by atoms with Crippen molar-refractivity contribution in [3.8, 4) is 0 Å². The van der Waals surface area contributed by atoms with Crippen LogP contribution in [0, 0.1) is 5.92 Å². The van der Waals surface area contributed by atoms with Gasteiger partial charge in [-0.1, -0.05) is 0 Å². The van der Waals surface area contributed by atoms with Gasteiger partial charge in [0, 0.05) is 23.9 Å². The number of thiazole rings is 1. The number of carbonyl (C=O) groups excluding carboxylic acids is 1. The molecule has 88 valence electrons. The molecule has 2 rings (SSSR count). The zero-order chi connectivity index (χ0) is 11.6. The molecule has 1 aromatic rings. The van der Waals surface area contributed by atoms with Gasteiger partial charge in [0.1, 0.15) is 6.29 Å². The Morgan fingerprint density at radius 3 is 3.00 bits per heavy atom. The predicted molar refractivity (Wildman–Crippen MR) is 62.3 cm³/mol. The van der Waals surface area contributed by atoms with Crippen molar-refractivity contribution in [3.05, 3.63) is 16.1 Å². The highest BCUT2D eigenvalue weighted by Gasteiger charge is 2.28. The van der Waals surface area contributed by atoms with E-state index in [1.807, 2.05) is 0 Å². The number of aldehydes is 1. The standard InChI is InChI=1S/C10H13NO3S2/c12-3-1-9-6-11-10(15-9)5-8-2-4-16(13,14)7-8/h3,6,8H,1-2,4-5,7H2. The Kier molecular flexibility index (Phi) is 3.39. The van der Waals surface area contributed by atoms with Crippen LogP contribution in [0.3, 0.4) is 0 Å². The third-order valence-electron chi connectivity index (χ3n) is 2.68. The molecule has 0 aromatic carbocycles. The summed E-state index contributed by atoms with van der Waals surface area (Å²) in [5.74, 6) is 0.806. The van der Waals surface area contributed by atoms with Crippen molar-refractivity contribution in [2.75, 3.05) is 11.5 Å². The van der Waals surface area contributed by atoms with E-state index < -0.39 is 9.84 Å². The molecule has 0 saturated carbocycles. The first-order valence-corrected chi connectivity index (χ1v) is 7.80. The Labute approximate surface area is 98.6 Å². The summed E-state index contributed by atoms with van der Waals surface area (Å²) >= 11 is 1.51. The molecule has 1 aliphatic rings.